The fourth-order valence-electron chi connectivity index (χ4n) is 3.91. The van der Waals surface area contributed by atoms with E-state index >= 15 is 0 Å². The zero-order chi connectivity index (χ0) is 15.0. The van der Waals surface area contributed by atoms with Gasteiger partial charge in [-0.05, 0) is 44.7 Å². The molecule has 2 N–H and O–H groups in total. The quantitative estimate of drug-likeness (QED) is 0.861. The van der Waals surface area contributed by atoms with E-state index in [4.69, 9.17) is 5.73 Å². The van der Waals surface area contributed by atoms with Gasteiger partial charge < -0.3 is 5.73 Å². The highest BCUT2D eigenvalue weighted by Crippen LogP contribution is 2.32. The van der Waals surface area contributed by atoms with Crippen molar-refractivity contribution < 1.29 is 0 Å². The molecular formula is C18H29N3. The van der Waals surface area contributed by atoms with Gasteiger partial charge in [0.1, 0.15) is 0 Å². The molecule has 1 fully saturated rings. The Labute approximate surface area is 129 Å². The summed E-state index contributed by atoms with van der Waals surface area (Å²) in [6.45, 7) is 11.6. The van der Waals surface area contributed by atoms with Gasteiger partial charge in [-0.1, -0.05) is 24.3 Å². The number of nitrogens with two attached hydrogens (primary N) is 1. The molecule has 1 aliphatic carbocycles. The van der Waals surface area contributed by atoms with E-state index < -0.39 is 0 Å². The minimum absolute atomic E-state index is 0.177. The minimum Gasteiger partial charge on any atom is -0.323 e. The van der Waals surface area contributed by atoms with E-state index in [0.717, 1.165) is 26.2 Å². The summed E-state index contributed by atoms with van der Waals surface area (Å²) in [6, 6.07) is 9.41. The van der Waals surface area contributed by atoms with E-state index in [-0.39, 0.29) is 11.6 Å². The fourth-order valence-corrected chi connectivity index (χ4v) is 3.91. The number of hydrogen-bond acceptors (Lipinski definition) is 3. The van der Waals surface area contributed by atoms with Crippen LogP contribution in [0.25, 0.3) is 0 Å². The van der Waals surface area contributed by atoms with Gasteiger partial charge in [-0.15, -0.1) is 0 Å². The molecular weight excluding hydrogens is 258 g/mol. The van der Waals surface area contributed by atoms with Crippen molar-refractivity contribution in [3.63, 3.8) is 0 Å². The summed E-state index contributed by atoms with van der Waals surface area (Å²) in [5, 5.41) is 0. The van der Waals surface area contributed by atoms with Crippen LogP contribution < -0.4 is 5.73 Å². The van der Waals surface area contributed by atoms with Crippen molar-refractivity contribution in [1.82, 2.24) is 9.80 Å². The lowest BCUT2D eigenvalue weighted by Gasteiger charge is -2.47. The molecule has 2 aliphatic rings. The topological polar surface area (TPSA) is 32.5 Å². The predicted molar refractivity (Wildman–Crippen MR) is 88.4 cm³/mol. The molecule has 0 amide bonds. The molecule has 2 unspecified atom stereocenters. The molecule has 0 radical (unpaired) electrons. The Morgan fingerprint density at radius 3 is 2.38 bits per heavy atom. The van der Waals surface area contributed by atoms with Gasteiger partial charge in [0, 0.05) is 43.8 Å². The van der Waals surface area contributed by atoms with Crippen molar-refractivity contribution in [3.05, 3.63) is 35.4 Å². The standard InChI is InChI=1S/C18H29N3/c1-18(2,3)21-12-10-20(11-13-21)16-9-8-14-6-4-5-7-15(14)17(16)19/h4-7,16-17H,8-13,19H2,1-3H3. The normalized spacial score (nSPS) is 28.4. The first kappa shape index (κ1) is 15.0. The van der Waals surface area contributed by atoms with E-state index in [9.17, 15) is 0 Å². The van der Waals surface area contributed by atoms with Crippen LogP contribution in [0.2, 0.25) is 0 Å². The van der Waals surface area contributed by atoms with E-state index in [1.165, 1.54) is 24.0 Å². The number of nitrogens with zero attached hydrogens (tertiary/aromatic N) is 2. The first-order valence-corrected chi connectivity index (χ1v) is 8.29. The fraction of sp³-hybridized carbons (Fsp3) is 0.667. The maximum atomic E-state index is 6.59. The predicted octanol–water partition coefficient (Wildman–Crippen LogP) is 2.42. The second-order valence-corrected chi connectivity index (χ2v) is 7.52. The van der Waals surface area contributed by atoms with Crippen LogP contribution in [0.1, 0.15) is 44.4 Å². The van der Waals surface area contributed by atoms with Gasteiger partial charge in [-0.25, -0.2) is 0 Å². The molecule has 1 aromatic rings. The zero-order valence-electron chi connectivity index (χ0n) is 13.7. The number of piperazine rings is 1. The lowest BCUT2D eigenvalue weighted by Crippen LogP contribution is -2.57. The van der Waals surface area contributed by atoms with E-state index in [0.29, 0.717) is 6.04 Å². The first-order chi connectivity index (χ1) is 9.97. The highest BCUT2D eigenvalue weighted by molar-refractivity contribution is 5.33. The average Bonchev–Trinajstić information content (AvgIpc) is 2.47. The number of fused-ring (bicyclic) bond motifs is 1. The maximum absolute atomic E-state index is 6.59. The lowest BCUT2D eigenvalue weighted by molar-refractivity contribution is 0.0321. The summed E-state index contributed by atoms with van der Waals surface area (Å²) in [4.78, 5) is 5.22. The zero-order valence-corrected chi connectivity index (χ0v) is 13.7. The van der Waals surface area contributed by atoms with Gasteiger partial charge in [0.15, 0.2) is 0 Å². The van der Waals surface area contributed by atoms with Crippen molar-refractivity contribution in [2.45, 2.75) is 51.2 Å². The Morgan fingerprint density at radius 1 is 1.05 bits per heavy atom. The Bertz CT molecular complexity index is 483. The van der Waals surface area contributed by atoms with Crippen LogP contribution in [0.5, 0.6) is 0 Å². The second kappa shape index (κ2) is 5.71. The number of aryl methyl sites for hydroxylation is 1. The van der Waals surface area contributed by atoms with E-state index in [2.05, 4.69) is 54.8 Å². The van der Waals surface area contributed by atoms with Crippen molar-refractivity contribution in [2.24, 2.45) is 5.73 Å². The summed E-state index contributed by atoms with van der Waals surface area (Å²) >= 11 is 0. The molecule has 3 heteroatoms. The largest absolute Gasteiger partial charge is 0.323 e. The van der Waals surface area contributed by atoms with Crippen molar-refractivity contribution in [2.75, 3.05) is 26.2 Å². The Kier molecular flexibility index (Phi) is 4.08. The van der Waals surface area contributed by atoms with Gasteiger partial charge in [-0.2, -0.15) is 0 Å². The van der Waals surface area contributed by atoms with Crippen molar-refractivity contribution in [1.29, 1.82) is 0 Å². The molecule has 21 heavy (non-hydrogen) atoms. The highest BCUT2D eigenvalue weighted by Gasteiger charge is 2.34. The summed E-state index contributed by atoms with van der Waals surface area (Å²) in [6.07, 6.45) is 2.38. The Balaban J connectivity index is 1.67. The van der Waals surface area contributed by atoms with Gasteiger partial charge in [-0.3, -0.25) is 9.80 Å². The van der Waals surface area contributed by atoms with Crippen LogP contribution in [0.3, 0.4) is 0 Å². The lowest BCUT2D eigenvalue weighted by atomic mass is 9.83. The van der Waals surface area contributed by atoms with Crippen LogP contribution >= 0.6 is 0 Å². The monoisotopic (exact) mass is 287 g/mol. The molecule has 1 saturated heterocycles. The summed E-state index contributed by atoms with van der Waals surface area (Å²) in [5.74, 6) is 0. The Morgan fingerprint density at radius 2 is 1.71 bits per heavy atom. The highest BCUT2D eigenvalue weighted by atomic mass is 15.3. The van der Waals surface area contributed by atoms with Crippen LogP contribution in [-0.4, -0.2) is 47.6 Å². The van der Waals surface area contributed by atoms with E-state index in [1.54, 1.807) is 0 Å². The summed E-state index contributed by atoms with van der Waals surface area (Å²) in [7, 11) is 0. The molecule has 3 rings (SSSR count). The molecule has 0 saturated carbocycles. The van der Waals surface area contributed by atoms with Crippen molar-refractivity contribution in [3.8, 4) is 0 Å². The molecule has 0 bridgehead atoms. The number of benzene rings is 1. The van der Waals surface area contributed by atoms with Crippen LogP contribution in [-0.2, 0) is 6.42 Å². The van der Waals surface area contributed by atoms with Gasteiger partial charge in [0.05, 0.1) is 0 Å². The Hall–Kier alpha value is -0.900. The van der Waals surface area contributed by atoms with Crippen LogP contribution in [0.4, 0.5) is 0 Å². The first-order valence-electron chi connectivity index (χ1n) is 8.29. The molecule has 3 nitrogen and oxygen atoms in total. The number of rotatable bonds is 1. The molecule has 1 aromatic carbocycles. The average molecular weight is 287 g/mol. The van der Waals surface area contributed by atoms with Gasteiger partial charge in [0.25, 0.3) is 0 Å². The molecule has 1 heterocycles. The maximum Gasteiger partial charge on any atom is 0.0455 e. The molecule has 2 atom stereocenters. The van der Waals surface area contributed by atoms with Crippen LogP contribution in [0.15, 0.2) is 24.3 Å². The van der Waals surface area contributed by atoms with Crippen LogP contribution in [0, 0.1) is 0 Å². The molecule has 116 valence electrons. The SMILES string of the molecule is CC(C)(C)N1CCN(C2CCc3ccccc3C2N)CC1. The number of hydrogen-bond donors (Lipinski definition) is 1. The van der Waals surface area contributed by atoms with Crippen molar-refractivity contribution >= 4 is 0 Å². The third-order valence-corrected chi connectivity index (χ3v) is 5.27. The smallest absolute Gasteiger partial charge is 0.0455 e. The van der Waals surface area contributed by atoms with Gasteiger partial charge in [0.2, 0.25) is 0 Å². The third-order valence-electron chi connectivity index (χ3n) is 5.27. The van der Waals surface area contributed by atoms with E-state index in [1.807, 2.05) is 0 Å². The third kappa shape index (κ3) is 3.01. The summed E-state index contributed by atoms with van der Waals surface area (Å²) < 4.78 is 0. The minimum atomic E-state index is 0.177. The molecule has 1 aliphatic heterocycles. The van der Waals surface area contributed by atoms with Gasteiger partial charge >= 0.3 is 0 Å². The second-order valence-electron chi connectivity index (χ2n) is 7.52. The molecule has 0 aromatic heterocycles. The summed E-state index contributed by atoms with van der Waals surface area (Å²) in [5.41, 5.74) is 9.69. The molecule has 0 spiro atoms.